The lowest BCUT2D eigenvalue weighted by molar-refractivity contribution is 1.25. The number of allylic oxidation sites excluding steroid dienone is 3. The summed E-state index contributed by atoms with van der Waals surface area (Å²) < 4.78 is 0. The van der Waals surface area contributed by atoms with Gasteiger partial charge in [0.05, 0.1) is 0 Å². The molecule has 0 saturated carbocycles. The van der Waals surface area contributed by atoms with Gasteiger partial charge in [0.1, 0.15) is 0 Å². The third-order valence-electron chi connectivity index (χ3n) is 2.12. The van der Waals surface area contributed by atoms with E-state index < -0.39 is 0 Å². The van der Waals surface area contributed by atoms with Gasteiger partial charge in [0.25, 0.3) is 0 Å². The second-order valence-electron chi connectivity index (χ2n) is 3.50. The molecule has 0 amide bonds. The van der Waals surface area contributed by atoms with Crippen molar-refractivity contribution in [1.29, 1.82) is 0 Å². The molecule has 0 heterocycles. The second kappa shape index (κ2) is 5.28. The molecule has 1 aromatic rings. The van der Waals surface area contributed by atoms with Gasteiger partial charge in [-0.2, -0.15) is 0 Å². The van der Waals surface area contributed by atoms with Crippen LogP contribution in [0.15, 0.2) is 48.2 Å². The highest BCUT2D eigenvalue weighted by atomic mass is 14.5. The Kier molecular flexibility index (Phi) is 3.99. The monoisotopic (exact) mass is 187 g/mol. The van der Waals surface area contributed by atoms with Gasteiger partial charge < -0.3 is 5.73 Å². The smallest absolute Gasteiger partial charge is 0.00327 e. The number of hydrogen-bond donors (Lipinski definition) is 1. The van der Waals surface area contributed by atoms with Crippen LogP contribution in [0.2, 0.25) is 0 Å². The molecule has 0 aromatic heterocycles. The second-order valence-corrected chi connectivity index (χ2v) is 3.50. The highest BCUT2D eigenvalue weighted by Gasteiger charge is 1.88. The average molecular weight is 187 g/mol. The zero-order chi connectivity index (χ0) is 10.4. The molecule has 0 fully saturated rings. The van der Waals surface area contributed by atoms with Crippen molar-refractivity contribution in [1.82, 2.24) is 0 Å². The third kappa shape index (κ3) is 3.48. The molecule has 0 saturated heterocycles. The molecule has 14 heavy (non-hydrogen) atoms. The highest BCUT2D eigenvalue weighted by molar-refractivity contribution is 5.24. The predicted molar refractivity (Wildman–Crippen MR) is 62.0 cm³/mol. The Balaban J connectivity index is 2.54. The number of rotatable bonds is 3. The maximum absolute atomic E-state index is 5.36. The summed E-state index contributed by atoms with van der Waals surface area (Å²) >= 11 is 0. The minimum absolute atomic E-state index is 0.964. The Morgan fingerprint density at radius 2 is 1.93 bits per heavy atom. The molecule has 1 rings (SSSR count). The molecule has 2 N–H and O–H groups in total. The Hall–Kier alpha value is -1.50. The summed E-state index contributed by atoms with van der Waals surface area (Å²) in [5.41, 5.74) is 9.08. The van der Waals surface area contributed by atoms with Crippen LogP contribution in [0, 0.1) is 6.92 Å². The summed E-state index contributed by atoms with van der Waals surface area (Å²) in [4.78, 5) is 0. The largest absolute Gasteiger partial charge is 0.404 e. The van der Waals surface area contributed by atoms with E-state index in [4.69, 9.17) is 5.73 Å². The van der Waals surface area contributed by atoms with Crippen molar-refractivity contribution in [2.24, 2.45) is 5.73 Å². The lowest BCUT2D eigenvalue weighted by atomic mass is 10.1. The lowest BCUT2D eigenvalue weighted by Crippen LogP contribution is -1.83. The van der Waals surface area contributed by atoms with E-state index in [0.29, 0.717) is 0 Å². The molecule has 1 heteroatoms. The SMILES string of the molecule is CC(/C=C\Cc1ccc(C)cc1)=C/N. The number of hydrogen-bond acceptors (Lipinski definition) is 1. The van der Waals surface area contributed by atoms with Gasteiger partial charge in [0.15, 0.2) is 0 Å². The van der Waals surface area contributed by atoms with E-state index in [1.807, 2.05) is 13.0 Å². The summed E-state index contributed by atoms with van der Waals surface area (Å²) in [5, 5.41) is 0. The Bertz CT molecular complexity index is 331. The molecule has 0 spiro atoms. The molecule has 0 atom stereocenters. The van der Waals surface area contributed by atoms with Gasteiger partial charge in [-0.1, -0.05) is 42.0 Å². The Labute approximate surface area is 85.9 Å². The third-order valence-corrected chi connectivity index (χ3v) is 2.12. The highest BCUT2D eigenvalue weighted by Crippen LogP contribution is 2.05. The average Bonchev–Trinajstić information content (AvgIpc) is 2.21. The molecule has 0 aliphatic heterocycles. The molecule has 0 bridgehead atoms. The van der Waals surface area contributed by atoms with E-state index in [9.17, 15) is 0 Å². The molecular weight excluding hydrogens is 170 g/mol. The summed E-state index contributed by atoms with van der Waals surface area (Å²) in [6.07, 6.45) is 6.75. The molecule has 74 valence electrons. The number of nitrogens with two attached hydrogens (primary N) is 1. The van der Waals surface area contributed by atoms with Crippen LogP contribution in [0.4, 0.5) is 0 Å². The zero-order valence-corrected chi connectivity index (χ0v) is 8.83. The van der Waals surface area contributed by atoms with Gasteiger partial charge in [-0.15, -0.1) is 0 Å². The van der Waals surface area contributed by atoms with E-state index in [0.717, 1.165) is 12.0 Å². The van der Waals surface area contributed by atoms with Crippen LogP contribution in [0.25, 0.3) is 0 Å². The fourth-order valence-corrected chi connectivity index (χ4v) is 1.16. The molecule has 0 radical (unpaired) electrons. The van der Waals surface area contributed by atoms with Crippen molar-refractivity contribution in [2.45, 2.75) is 20.3 Å². The van der Waals surface area contributed by atoms with Gasteiger partial charge in [-0.05, 0) is 37.6 Å². The van der Waals surface area contributed by atoms with Crippen molar-refractivity contribution in [3.05, 3.63) is 59.3 Å². The molecule has 1 aromatic carbocycles. The van der Waals surface area contributed by atoms with Gasteiger partial charge in [-0.3, -0.25) is 0 Å². The standard InChI is InChI=1S/C13H17N/c1-11-6-8-13(9-7-11)5-3-4-12(2)10-14/h3-4,6-10H,5,14H2,1-2H3/b4-3-,12-10-. The summed E-state index contributed by atoms with van der Waals surface area (Å²) in [6.45, 7) is 4.09. The summed E-state index contributed by atoms with van der Waals surface area (Å²) in [6, 6.07) is 8.58. The minimum atomic E-state index is 0.964. The summed E-state index contributed by atoms with van der Waals surface area (Å²) in [5.74, 6) is 0. The fraction of sp³-hybridized carbons (Fsp3) is 0.231. The maximum Gasteiger partial charge on any atom is -0.00327 e. The van der Waals surface area contributed by atoms with Crippen LogP contribution in [0.5, 0.6) is 0 Å². The van der Waals surface area contributed by atoms with Crippen molar-refractivity contribution in [3.8, 4) is 0 Å². The van der Waals surface area contributed by atoms with Crippen LogP contribution in [0.1, 0.15) is 18.1 Å². The molecular formula is C13H17N. The first-order chi connectivity index (χ1) is 6.72. The van der Waals surface area contributed by atoms with E-state index in [2.05, 4.69) is 37.3 Å². The van der Waals surface area contributed by atoms with Crippen LogP contribution in [0.3, 0.4) is 0 Å². The van der Waals surface area contributed by atoms with Crippen LogP contribution >= 0.6 is 0 Å². The van der Waals surface area contributed by atoms with Crippen molar-refractivity contribution < 1.29 is 0 Å². The number of aryl methyl sites for hydroxylation is 1. The van der Waals surface area contributed by atoms with E-state index in [-0.39, 0.29) is 0 Å². The van der Waals surface area contributed by atoms with E-state index in [1.165, 1.54) is 11.1 Å². The zero-order valence-electron chi connectivity index (χ0n) is 8.83. The first-order valence-corrected chi connectivity index (χ1v) is 4.83. The topological polar surface area (TPSA) is 26.0 Å². The molecule has 0 unspecified atom stereocenters. The number of benzene rings is 1. The normalized spacial score (nSPS) is 12.3. The molecule has 1 nitrogen and oxygen atoms in total. The van der Waals surface area contributed by atoms with Gasteiger partial charge in [0.2, 0.25) is 0 Å². The minimum Gasteiger partial charge on any atom is -0.404 e. The van der Waals surface area contributed by atoms with E-state index in [1.54, 1.807) is 6.20 Å². The first kappa shape index (κ1) is 10.6. The van der Waals surface area contributed by atoms with Crippen molar-refractivity contribution in [2.75, 3.05) is 0 Å². The van der Waals surface area contributed by atoms with Crippen LogP contribution < -0.4 is 5.73 Å². The van der Waals surface area contributed by atoms with Crippen LogP contribution in [-0.4, -0.2) is 0 Å². The quantitative estimate of drug-likeness (QED) is 0.723. The van der Waals surface area contributed by atoms with Crippen molar-refractivity contribution in [3.63, 3.8) is 0 Å². The van der Waals surface area contributed by atoms with E-state index >= 15 is 0 Å². The van der Waals surface area contributed by atoms with Crippen molar-refractivity contribution >= 4 is 0 Å². The lowest BCUT2D eigenvalue weighted by Gasteiger charge is -1.97. The Morgan fingerprint density at radius 3 is 2.50 bits per heavy atom. The molecule has 0 aliphatic carbocycles. The molecule has 0 aliphatic rings. The Morgan fingerprint density at radius 1 is 1.29 bits per heavy atom. The van der Waals surface area contributed by atoms with Gasteiger partial charge in [-0.25, -0.2) is 0 Å². The fourth-order valence-electron chi connectivity index (χ4n) is 1.16. The van der Waals surface area contributed by atoms with Gasteiger partial charge in [0, 0.05) is 0 Å². The first-order valence-electron chi connectivity index (χ1n) is 4.83. The van der Waals surface area contributed by atoms with Gasteiger partial charge >= 0.3 is 0 Å². The summed E-state index contributed by atoms with van der Waals surface area (Å²) in [7, 11) is 0. The predicted octanol–water partition coefficient (Wildman–Crippen LogP) is 2.96. The maximum atomic E-state index is 5.36. The van der Waals surface area contributed by atoms with Crippen LogP contribution in [-0.2, 0) is 6.42 Å².